The summed E-state index contributed by atoms with van der Waals surface area (Å²) in [6, 6.07) is 8.31. The Morgan fingerprint density at radius 1 is 1.23 bits per heavy atom. The largest absolute Gasteiger partial charge is 0.448 e. The van der Waals surface area contributed by atoms with Crippen LogP contribution in [0, 0.1) is 12.8 Å². The third-order valence-corrected chi connectivity index (χ3v) is 4.89. The fraction of sp³-hybridized carbons (Fsp3) is 0.421. The Labute approximate surface area is 151 Å². The van der Waals surface area contributed by atoms with E-state index in [1.54, 1.807) is 6.92 Å². The highest BCUT2D eigenvalue weighted by Crippen LogP contribution is 2.26. The van der Waals surface area contributed by atoms with Crippen molar-refractivity contribution in [1.82, 2.24) is 15.3 Å². The summed E-state index contributed by atoms with van der Waals surface area (Å²) < 4.78 is 10.8. The summed E-state index contributed by atoms with van der Waals surface area (Å²) in [6.07, 6.45) is 5.69. The predicted octanol–water partition coefficient (Wildman–Crippen LogP) is 3.52. The minimum Gasteiger partial charge on any atom is -0.448 e. The highest BCUT2D eigenvalue weighted by molar-refractivity contribution is 5.92. The molecule has 7 nitrogen and oxygen atoms in total. The number of hydrogen-bond acceptors (Lipinski definition) is 6. The molecule has 2 aromatic heterocycles. The van der Waals surface area contributed by atoms with E-state index in [1.165, 1.54) is 6.26 Å². The molecule has 1 aliphatic rings. The number of oxazole rings is 2. The van der Waals surface area contributed by atoms with Crippen molar-refractivity contribution in [3.63, 3.8) is 0 Å². The minimum absolute atomic E-state index is 0.102. The molecule has 136 valence electrons. The Kier molecular flexibility index (Phi) is 4.60. The van der Waals surface area contributed by atoms with Gasteiger partial charge in [0, 0.05) is 19.5 Å². The van der Waals surface area contributed by atoms with Gasteiger partial charge in [-0.15, -0.1) is 0 Å². The summed E-state index contributed by atoms with van der Waals surface area (Å²) in [5, 5.41) is 6.40. The molecule has 0 aliphatic heterocycles. The van der Waals surface area contributed by atoms with E-state index in [0.717, 1.165) is 36.8 Å². The summed E-state index contributed by atoms with van der Waals surface area (Å²) in [6.45, 7) is 2.43. The highest BCUT2D eigenvalue weighted by atomic mass is 16.4. The van der Waals surface area contributed by atoms with E-state index in [9.17, 15) is 4.79 Å². The number of nitrogens with zero attached hydrogens (tertiary/aromatic N) is 2. The maximum atomic E-state index is 12.4. The predicted molar refractivity (Wildman–Crippen MR) is 97.0 cm³/mol. The van der Waals surface area contributed by atoms with E-state index in [1.807, 2.05) is 24.3 Å². The first-order valence-electron chi connectivity index (χ1n) is 9.01. The lowest BCUT2D eigenvalue weighted by molar-refractivity contribution is 0.0904. The second-order valence-electron chi connectivity index (χ2n) is 6.74. The third kappa shape index (κ3) is 3.56. The molecule has 1 aromatic carbocycles. The van der Waals surface area contributed by atoms with Crippen LogP contribution in [0.3, 0.4) is 0 Å². The number of carbonyl (C=O) groups excluding carboxylic acids is 1. The number of fused-ring (bicyclic) bond motifs is 1. The summed E-state index contributed by atoms with van der Waals surface area (Å²) in [5.74, 6) is 0.629. The van der Waals surface area contributed by atoms with Crippen LogP contribution in [0.4, 0.5) is 6.01 Å². The van der Waals surface area contributed by atoms with Gasteiger partial charge in [-0.3, -0.25) is 4.79 Å². The van der Waals surface area contributed by atoms with Crippen molar-refractivity contribution in [3.8, 4) is 0 Å². The second-order valence-corrected chi connectivity index (χ2v) is 6.74. The summed E-state index contributed by atoms with van der Waals surface area (Å²) >= 11 is 0. The molecule has 7 heteroatoms. The molecule has 2 heterocycles. The zero-order valence-corrected chi connectivity index (χ0v) is 14.7. The van der Waals surface area contributed by atoms with Crippen molar-refractivity contribution in [2.24, 2.45) is 5.92 Å². The van der Waals surface area contributed by atoms with Crippen LogP contribution < -0.4 is 10.6 Å². The molecule has 3 aromatic rings. The fourth-order valence-electron chi connectivity index (χ4n) is 3.52. The molecule has 0 radical (unpaired) electrons. The first kappa shape index (κ1) is 16.6. The molecule has 1 fully saturated rings. The molecule has 0 spiro atoms. The van der Waals surface area contributed by atoms with Gasteiger partial charge < -0.3 is 19.5 Å². The van der Waals surface area contributed by atoms with Gasteiger partial charge in [0.1, 0.15) is 11.8 Å². The van der Waals surface area contributed by atoms with Crippen LogP contribution >= 0.6 is 0 Å². The van der Waals surface area contributed by atoms with E-state index in [0.29, 0.717) is 30.1 Å². The molecular formula is C19H22N4O3. The molecular weight excluding hydrogens is 332 g/mol. The van der Waals surface area contributed by atoms with Crippen molar-refractivity contribution < 1.29 is 13.6 Å². The van der Waals surface area contributed by atoms with Gasteiger partial charge in [-0.25, -0.2) is 4.98 Å². The fourth-order valence-corrected chi connectivity index (χ4v) is 3.52. The van der Waals surface area contributed by atoms with Crippen molar-refractivity contribution in [3.05, 3.63) is 42.1 Å². The summed E-state index contributed by atoms with van der Waals surface area (Å²) in [5.41, 5.74) is 1.94. The molecule has 0 saturated heterocycles. The van der Waals surface area contributed by atoms with Crippen molar-refractivity contribution in [2.75, 3.05) is 11.9 Å². The molecule has 26 heavy (non-hydrogen) atoms. The van der Waals surface area contributed by atoms with Crippen LogP contribution in [0.2, 0.25) is 0 Å². The van der Waals surface area contributed by atoms with E-state index < -0.39 is 0 Å². The first-order chi connectivity index (χ1) is 12.7. The van der Waals surface area contributed by atoms with Crippen molar-refractivity contribution in [1.29, 1.82) is 0 Å². The van der Waals surface area contributed by atoms with Crippen LogP contribution in [-0.4, -0.2) is 28.5 Å². The van der Waals surface area contributed by atoms with E-state index >= 15 is 0 Å². The van der Waals surface area contributed by atoms with Gasteiger partial charge in [-0.05, 0) is 30.9 Å². The highest BCUT2D eigenvalue weighted by Gasteiger charge is 2.27. The normalized spacial score (nSPS) is 20.2. The topological polar surface area (TPSA) is 93.2 Å². The van der Waals surface area contributed by atoms with Crippen molar-refractivity contribution in [2.45, 2.75) is 38.6 Å². The zero-order valence-electron chi connectivity index (χ0n) is 14.7. The lowest BCUT2D eigenvalue weighted by atomic mass is 9.84. The van der Waals surface area contributed by atoms with E-state index in [-0.39, 0.29) is 11.9 Å². The number of aromatic nitrogens is 2. The van der Waals surface area contributed by atoms with Crippen molar-refractivity contribution >= 4 is 23.0 Å². The molecule has 2 unspecified atom stereocenters. The Balaban J connectivity index is 1.39. The van der Waals surface area contributed by atoms with Gasteiger partial charge in [0.15, 0.2) is 17.2 Å². The molecule has 4 rings (SSSR count). The smallest absolute Gasteiger partial charge is 0.295 e. The molecule has 0 bridgehead atoms. The third-order valence-electron chi connectivity index (χ3n) is 4.89. The maximum absolute atomic E-state index is 12.4. The first-order valence-corrected chi connectivity index (χ1v) is 9.01. The van der Waals surface area contributed by atoms with Crippen LogP contribution in [0.5, 0.6) is 0 Å². The number of anilines is 1. The molecule has 1 saturated carbocycles. The van der Waals surface area contributed by atoms with Gasteiger partial charge >= 0.3 is 0 Å². The van der Waals surface area contributed by atoms with Crippen LogP contribution in [0.1, 0.15) is 42.1 Å². The van der Waals surface area contributed by atoms with Crippen LogP contribution in [0.15, 0.2) is 39.4 Å². The monoisotopic (exact) mass is 354 g/mol. The Bertz CT molecular complexity index is 868. The zero-order chi connectivity index (χ0) is 17.9. The van der Waals surface area contributed by atoms with Crippen LogP contribution in [-0.2, 0) is 0 Å². The quantitative estimate of drug-likeness (QED) is 0.728. The molecule has 2 N–H and O–H groups in total. The van der Waals surface area contributed by atoms with Crippen LogP contribution in [0.25, 0.3) is 11.1 Å². The Morgan fingerprint density at radius 3 is 2.88 bits per heavy atom. The van der Waals surface area contributed by atoms with Gasteiger partial charge in [-0.2, -0.15) is 4.98 Å². The Hall–Kier alpha value is -2.83. The number of nitrogens with one attached hydrogen (secondary N) is 2. The standard InChI is InChI=1S/C19H22N4O3/c1-12-21-16(11-25-12)18(24)22-14-7-3-2-6-13(14)10-20-19-23-15-8-4-5-9-17(15)26-19/h4-5,8-9,11,13-14H,2-3,6-7,10H2,1H3,(H,20,23)(H,22,24). The van der Waals surface area contributed by atoms with Gasteiger partial charge in [0.2, 0.25) is 0 Å². The van der Waals surface area contributed by atoms with Gasteiger partial charge in [-0.1, -0.05) is 25.0 Å². The second kappa shape index (κ2) is 7.19. The molecule has 1 amide bonds. The average Bonchev–Trinajstić information content (AvgIpc) is 3.26. The lowest BCUT2D eigenvalue weighted by Gasteiger charge is -2.32. The summed E-state index contributed by atoms with van der Waals surface area (Å²) in [7, 11) is 0. The number of aryl methyl sites for hydroxylation is 1. The number of para-hydroxylation sites is 2. The van der Waals surface area contributed by atoms with E-state index in [2.05, 4.69) is 20.6 Å². The SMILES string of the molecule is Cc1nc(C(=O)NC2CCCCC2CNc2nc3ccccc3o2)co1. The number of carbonyl (C=O) groups is 1. The Morgan fingerprint density at radius 2 is 2.08 bits per heavy atom. The molecule has 2 atom stereocenters. The minimum atomic E-state index is -0.180. The maximum Gasteiger partial charge on any atom is 0.295 e. The molecule has 1 aliphatic carbocycles. The average molecular weight is 354 g/mol. The summed E-state index contributed by atoms with van der Waals surface area (Å²) in [4.78, 5) is 20.9. The van der Waals surface area contributed by atoms with Gasteiger partial charge in [0.25, 0.3) is 11.9 Å². The van der Waals surface area contributed by atoms with Gasteiger partial charge in [0.05, 0.1) is 0 Å². The lowest BCUT2D eigenvalue weighted by Crippen LogP contribution is -2.44. The number of amides is 1. The number of rotatable bonds is 5. The number of hydrogen-bond donors (Lipinski definition) is 2. The number of benzene rings is 1. The van der Waals surface area contributed by atoms with E-state index in [4.69, 9.17) is 8.83 Å².